The Bertz CT molecular complexity index is 1010. The van der Waals surface area contributed by atoms with E-state index in [1.165, 1.54) is 11.8 Å². The van der Waals surface area contributed by atoms with Gasteiger partial charge in [0.15, 0.2) is 11.0 Å². The summed E-state index contributed by atoms with van der Waals surface area (Å²) in [6.45, 7) is 2.60. The molecular weight excluding hydrogens is 444 g/mol. The fourth-order valence-electron chi connectivity index (χ4n) is 2.89. The van der Waals surface area contributed by atoms with Gasteiger partial charge in [0.1, 0.15) is 5.52 Å². The van der Waals surface area contributed by atoms with Gasteiger partial charge in [-0.05, 0) is 34.3 Å². The predicted octanol–water partition coefficient (Wildman–Crippen LogP) is 3.57. The molecule has 0 radical (unpaired) electrons. The molecule has 0 bridgehead atoms. The molecule has 0 spiro atoms. The number of rotatable bonds is 4. The Morgan fingerprint density at radius 1 is 1.21 bits per heavy atom. The summed E-state index contributed by atoms with van der Waals surface area (Å²) in [6.07, 6.45) is 3.65. The summed E-state index contributed by atoms with van der Waals surface area (Å²) >= 11 is 4.98. The molecule has 1 aliphatic rings. The zero-order valence-electron chi connectivity index (χ0n) is 15.1. The van der Waals surface area contributed by atoms with E-state index in [2.05, 4.69) is 35.8 Å². The average Bonchev–Trinajstić information content (AvgIpc) is 2.76. The molecule has 0 unspecified atom stereocenters. The fourth-order valence-corrected chi connectivity index (χ4v) is 3.69. The first-order valence-electron chi connectivity index (χ1n) is 8.67. The number of hydrogen-bond donors (Lipinski definition) is 0. The van der Waals surface area contributed by atoms with E-state index in [1.807, 2.05) is 12.3 Å². The molecule has 0 atom stereocenters. The van der Waals surface area contributed by atoms with E-state index < -0.39 is 5.97 Å². The van der Waals surface area contributed by atoms with Crippen molar-refractivity contribution < 1.29 is 14.3 Å². The standard InChI is InChI=1S/C19H17BrN4O3S/c1-28-19-21-11-13-14(20)17(27-18(25)12-5-3-2-4-6-12)23-16(15(13)22-19)24-7-9-26-10-8-24/h2-6,11H,7-10H2,1H3. The Kier molecular flexibility index (Phi) is 5.74. The third-order valence-corrected chi connectivity index (χ3v) is 5.63. The van der Waals surface area contributed by atoms with Crippen molar-refractivity contribution in [1.29, 1.82) is 0 Å². The summed E-state index contributed by atoms with van der Waals surface area (Å²) in [7, 11) is 0. The summed E-state index contributed by atoms with van der Waals surface area (Å²) in [6, 6.07) is 8.83. The summed E-state index contributed by atoms with van der Waals surface area (Å²) in [5.41, 5.74) is 1.17. The van der Waals surface area contributed by atoms with Crippen molar-refractivity contribution in [2.24, 2.45) is 0 Å². The zero-order valence-corrected chi connectivity index (χ0v) is 17.5. The van der Waals surface area contributed by atoms with Gasteiger partial charge in [-0.15, -0.1) is 0 Å². The number of esters is 1. The van der Waals surface area contributed by atoms with Crippen molar-refractivity contribution in [3.63, 3.8) is 0 Å². The smallest absolute Gasteiger partial charge is 0.344 e. The number of ether oxygens (including phenoxy) is 2. The maximum absolute atomic E-state index is 12.5. The number of thioether (sulfide) groups is 1. The Balaban J connectivity index is 1.80. The van der Waals surface area contributed by atoms with E-state index >= 15 is 0 Å². The van der Waals surface area contributed by atoms with Crippen LogP contribution < -0.4 is 9.64 Å². The molecule has 1 fully saturated rings. The number of pyridine rings is 1. The second kappa shape index (κ2) is 8.42. The second-order valence-corrected chi connectivity index (χ2v) is 7.59. The first-order valence-corrected chi connectivity index (χ1v) is 10.7. The molecule has 1 saturated heterocycles. The summed E-state index contributed by atoms with van der Waals surface area (Å²) < 4.78 is 11.6. The fraction of sp³-hybridized carbons (Fsp3) is 0.263. The Labute approximate surface area is 174 Å². The van der Waals surface area contributed by atoms with Crippen molar-refractivity contribution in [3.8, 4) is 5.88 Å². The van der Waals surface area contributed by atoms with Gasteiger partial charge in [-0.2, -0.15) is 4.98 Å². The van der Waals surface area contributed by atoms with Crippen LogP contribution in [-0.2, 0) is 4.74 Å². The van der Waals surface area contributed by atoms with Crippen molar-refractivity contribution >= 4 is 50.4 Å². The molecular formula is C19H17BrN4O3S. The minimum absolute atomic E-state index is 0.198. The Morgan fingerprint density at radius 2 is 1.96 bits per heavy atom. The molecule has 4 rings (SSSR count). The molecule has 1 aliphatic heterocycles. The molecule has 3 heterocycles. The van der Waals surface area contributed by atoms with Crippen molar-refractivity contribution in [1.82, 2.24) is 15.0 Å². The lowest BCUT2D eigenvalue weighted by atomic mass is 10.2. The van der Waals surface area contributed by atoms with E-state index in [0.717, 1.165) is 5.39 Å². The van der Waals surface area contributed by atoms with Gasteiger partial charge in [0.25, 0.3) is 0 Å². The molecule has 7 nitrogen and oxygen atoms in total. The minimum Gasteiger partial charge on any atom is -0.403 e. The number of fused-ring (bicyclic) bond motifs is 1. The van der Waals surface area contributed by atoms with Crippen LogP contribution in [-0.4, -0.2) is 53.5 Å². The lowest BCUT2D eigenvalue weighted by Gasteiger charge is -2.28. The summed E-state index contributed by atoms with van der Waals surface area (Å²) in [4.78, 5) is 28.3. The van der Waals surface area contributed by atoms with Gasteiger partial charge >= 0.3 is 5.97 Å². The molecule has 0 saturated carbocycles. The van der Waals surface area contributed by atoms with Crippen LogP contribution in [0.2, 0.25) is 0 Å². The first kappa shape index (κ1) is 19.1. The minimum atomic E-state index is -0.470. The van der Waals surface area contributed by atoms with Crippen LogP contribution in [0.4, 0.5) is 5.82 Å². The maximum Gasteiger partial charge on any atom is 0.344 e. The molecule has 0 aliphatic carbocycles. The van der Waals surface area contributed by atoms with Crippen molar-refractivity contribution in [3.05, 3.63) is 46.6 Å². The highest BCUT2D eigenvalue weighted by Gasteiger charge is 2.23. The van der Waals surface area contributed by atoms with Crippen molar-refractivity contribution in [2.75, 3.05) is 37.5 Å². The van der Waals surface area contributed by atoms with Crippen LogP contribution in [0.25, 0.3) is 10.9 Å². The number of halogens is 1. The lowest BCUT2D eigenvalue weighted by Crippen LogP contribution is -2.37. The zero-order chi connectivity index (χ0) is 19.5. The topological polar surface area (TPSA) is 77.4 Å². The number of anilines is 1. The maximum atomic E-state index is 12.5. The number of nitrogens with zero attached hydrogens (tertiary/aromatic N) is 4. The van der Waals surface area contributed by atoms with Crippen LogP contribution >= 0.6 is 27.7 Å². The SMILES string of the molecule is CSc1ncc2c(Br)c(OC(=O)c3ccccc3)nc(N3CCOCC3)c2n1. The van der Waals surface area contributed by atoms with E-state index in [9.17, 15) is 4.79 Å². The number of benzene rings is 1. The first-order chi connectivity index (χ1) is 13.7. The van der Waals surface area contributed by atoms with E-state index in [1.54, 1.807) is 30.5 Å². The van der Waals surface area contributed by atoms with Crippen LogP contribution in [0.1, 0.15) is 10.4 Å². The molecule has 9 heteroatoms. The molecule has 28 heavy (non-hydrogen) atoms. The Morgan fingerprint density at radius 3 is 2.68 bits per heavy atom. The quantitative estimate of drug-likeness (QED) is 0.332. The molecule has 144 valence electrons. The van der Waals surface area contributed by atoms with Crippen molar-refractivity contribution in [2.45, 2.75) is 5.16 Å². The van der Waals surface area contributed by atoms with Crippen LogP contribution in [0.15, 0.2) is 46.2 Å². The summed E-state index contributed by atoms with van der Waals surface area (Å²) in [5.74, 6) is 0.390. The van der Waals surface area contributed by atoms with Gasteiger partial charge in [-0.1, -0.05) is 30.0 Å². The third-order valence-electron chi connectivity index (χ3n) is 4.30. The third kappa shape index (κ3) is 3.82. The van der Waals surface area contributed by atoms with E-state index in [0.29, 0.717) is 52.8 Å². The van der Waals surface area contributed by atoms with Crippen LogP contribution in [0.3, 0.4) is 0 Å². The highest BCUT2D eigenvalue weighted by molar-refractivity contribution is 9.10. The highest BCUT2D eigenvalue weighted by atomic mass is 79.9. The average molecular weight is 461 g/mol. The Hall–Kier alpha value is -2.23. The van der Waals surface area contributed by atoms with Crippen LogP contribution in [0, 0.1) is 0 Å². The summed E-state index contributed by atoms with van der Waals surface area (Å²) in [5, 5.41) is 1.40. The molecule has 3 aromatic rings. The van der Waals surface area contributed by atoms with Gasteiger partial charge < -0.3 is 14.4 Å². The second-order valence-electron chi connectivity index (χ2n) is 6.03. The predicted molar refractivity (Wildman–Crippen MR) is 111 cm³/mol. The number of carbonyl (C=O) groups excluding carboxylic acids is 1. The van der Waals surface area contributed by atoms with E-state index in [4.69, 9.17) is 9.47 Å². The molecule has 0 amide bonds. The molecule has 2 aromatic heterocycles. The number of aromatic nitrogens is 3. The van der Waals surface area contributed by atoms with Gasteiger partial charge in [-0.25, -0.2) is 14.8 Å². The number of hydrogen-bond acceptors (Lipinski definition) is 8. The number of carbonyl (C=O) groups is 1. The van der Waals surface area contributed by atoms with Gasteiger partial charge in [-0.3, -0.25) is 0 Å². The molecule has 1 aromatic carbocycles. The lowest BCUT2D eigenvalue weighted by molar-refractivity contribution is 0.0726. The van der Waals surface area contributed by atoms with Gasteiger partial charge in [0.2, 0.25) is 5.88 Å². The number of morpholine rings is 1. The highest BCUT2D eigenvalue weighted by Crippen LogP contribution is 2.37. The monoisotopic (exact) mass is 460 g/mol. The largest absolute Gasteiger partial charge is 0.403 e. The van der Waals surface area contributed by atoms with Gasteiger partial charge in [0.05, 0.1) is 23.2 Å². The van der Waals surface area contributed by atoms with Gasteiger partial charge in [0, 0.05) is 24.7 Å². The van der Waals surface area contributed by atoms with Crippen LogP contribution in [0.5, 0.6) is 5.88 Å². The normalized spacial score (nSPS) is 14.3. The van der Waals surface area contributed by atoms with E-state index in [-0.39, 0.29) is 5.88 Å². The molecule has 0 N–H and O–H groups in total.